The molecule has 0 bridgehead atoms. The van der Waals surface area contributed by atoms with Crippen LogP contribution < -0.4 is 4.74 Å². The fraction of sp³-hybridized carbons (Fsp3) is 0.238. The van der Waals surface area contributed by atoms with E-state index in [0.29, 0.717) is 0 Å². The molecule has 1 aromatic heterocycles. The van der Waals surface area contributed by atoms with Crippen molar-refractivity contribution in [1.29, 1.82) is 0 Å². The topological polar surface area (TPSA) is 38.2 Å². The smallest absolute Gasteiger partial charge is 0.123 e. The van der Waals surface area contributed by atoms with Crippen molar-refractivity contribution in [2.75, 3.05) is 13.7 Å². The average Bonchev–Trinajstić information content (AvgIpc) is 2.69. The third-order valence-corrected chi connectivity index (χ3v) is 4.83. The Kier molecular flexibility index (Phi) is 4.63. The molecule has 0 fully saturated rings. The van der Waals surface area contributed by atoms with Gasteiger partial charge in [0.25, 0.3) is 0 Å². The Balaban J connectivity index is 1.61. The molecule has 3 aromatic rings. The van der Waals surface area contributed by atoms with Gasteiger partial charge in [0.1, 0.15) is 17.9 Å². The van der Waals surface area contributed by atoms with Crippen LogP contribution in [-0.4, -0.2) is 28.5 Å². The minimum atomic E-state index is -0.220. The molecule has 1 aliphatic heterocycles. The molecule has 26 heavy (non-hydrogen) atoms. The van der Waals surface area contributed by atoms with Gasteiger partial charge in [0, 0.05) is 37.3 Å². The fourth-order valence-corrected chi connectivity index (χ4v) is 3.52. The van der Waals surface area contributed by atoms with Gasteiger partial charge in [0.05, 0.1) is 12.8 Å². The highest BCUT2D eigenvalue weighted by Crippen LogP contribution is 2.32. The van der Waals surface area contributed by atoms with Crippen LogP contribution in [0.3, 0.4) is 0 Å². The Hall–Kier alpha value is -2.79. The lowest BCUT2D eigenvalue weighted by Crippen LogP contribution is -2.34. The van der Waals surface area contributed by atoms with Crippen LogP contribution in [-0.2, 0) is 13.1 Å². The first kappa shape index (κ1) is 16.7. The molecule has 5 heteroatoms. The van der Waals surface area contributed by atoms with E-state index in [2.05, 4.69) is 27.0 Å². The van der Waals surface area contributed by atoms with Crippen LogP contribution in [0.5, 0.6) is 5.75 Å². The third kappa shape index (κ3) is 3.44. The number of hydrogen-bond acceptors (Lipinski definition) is 4. The molecular formula is C21H20FN3O. The molecule has 132 valence electrons. The lowest BCUT2D eigenvalue weighted by atomic mass is 9.89. The molecule has 0 saturated carbocycles. The van der Waals surface area contributed by atoms with Crippen molar-refractivity contribution >= 4 is 0 Å². The predicted octanol–water partition coefficient (Wildman–Crippen LogP) is 3.77. The van der Waals surface area contributed by atoms with E-state index in [0.717, 1.165) is 42.2 Å². The van der Waals surface area contributed by atoms with Crippen molar-refractivity contribution < 1.29 is 9.13 Å². The van der Waals surface area contributed by atoms with Crippen molar-refractivity contribution in [2.24, 2.45) is 0 Å². The van der Waals surface area contributed by atoms with Gasteiger partial charge in [-0.1, -0.05) is 24.3 Å². The van der Waals surface area contributed by atoms with Gasteiger partial charge < -0.3 is 4.74 Å². The van der Waals surface area contributed by atoms with E-state index in [1.54, 1.807) is 13.4 Å². The van der Waals surface area contributed by atoms with Crippen molar-refractivity contribution in [3.8, 4) is 5.75 Å². The summed E-state index contributed by atoms with van der Waals surface area (Å²) in [6.45, 7) is 2.47. The molecule has 0 N–H and O–H groups in total. The van der Waals surface area contributed by atoms with Crippen LogP contribution in [0.4, 0.5) is 4.39 Å². The second-order valence-electron chi connectivity index (χ2n) is 6.56. The number of nitrogens with zero attached hydrogens (tertiary/aromatic N) is 3. The van der Waals surface area contributed by atoms with Gasteiger partial charge in [-0.05, 0) is 35.4 Å². The second-order valence-corrected chi connectivity index (χ2v) is 6.56. The quantitative estimate of drug-likeness (QED) is 0.719. The molecule has 0 radical (unpaired) electrons. The molecule has 0 amide bonds. The number of fused-ring (bicyclic) bond motifs is 1. The highest BCUT2D eigenvalue weighted by Gasteiger charge is 2.28. The third-order valence-electron chi connectivity index (χ3n) is 4.83. The first-order chi connectivity index (χ1) is 12.7. The molecular weight excluding hydrogens is 329 g/mol. The zero-order valence-corrected chi connectivity index (χ0v) is 14.6. The maximum atomic E-state index is 13.3. The highest BCUT2D eigenvalue weighted by molar-refractivity contribution is 5.35. The Bertz CT molecular complexity index is 881. The van der Waals surface area contributed by atoms with Crippen LogP contribution in [0.25, 0.3) is 0 Å². The van der Waals surface area contributed by atoms with Crippen molar-refractivity contribution in [3.05, 3.63) is 89.3 Å². The first-order valence-electron chi connectivity index (χ1n) is 8.62. The summed E-state index contributed by atoms with van der Waals surface area (Å²) in [7, 11) is 1.67. The standard InChI is InChI=1S/C21H20FN3O/c1-26-19-8-2-15(3-9-19)11-25-12-17-10-23-14-24-21(17)20(13-25)16-4-6-18(22)7-5-16/h2-10,14,20H,11-13H2,1H3. The van der Waals surface area contributed by atoms with Crippen LogP contribution in [0.2, 0.25) is 0 Å². The Morgan fingerprint density at radius 3 is 2.62 bits per heavy atom. The summed E-state index contributed by atoms with van der Waals surface area (Å²) in [6.07, 6.45) is 3.48. The van der Waals surface area contributed by atoms with E-state index in [-0.39, 0.29) is 11.7 Å². The molecule has 0 spiro atoms. The summed E-state index contributed by atoms with van der Waals surface area (Å²) in [5, 5.41) is 0. The van der Waals surface area contributed by atoms with E-state index in [1.807, 2.05) is 30.5 Å². The molecule has 2 aromatic carbocycles. The van der Waals surface area contributed by atoms with Gasteiger partial charge >= 0.3 is 0 Å². The zero-order chi connectivity index (χ0) is 17.9. The van der Waals surface area contributed by atoms with Gasteiger partial charge in [0.2, 0.25) is 0 Å². The summed E-state index contributed by atoms with van der Waals surface area (Å²) in [5.74, 6) is 0.749. The molecule has 0 saturated heterocycles. The minimum absolute atomic E-state index is 0.112. The van der Waals surface area contributed by atoms with E-state index in [4.69, 9.17) is 4.74 Å². The van der Waals surface area contributed by atoms with Crippen molar-refractivity contribution in [1.82, 2.24) is 14.9 Å². The normalized spacial score (nSPS) is 16.9. The second kappa shape index (κ2) is 7.22. The van der Waals surface area contributed by atoms with Gasteiger partial charge in [-0.15, -0.1) is 0 Å². The minimum Gasteiger partial charge on any atom is -0.497 e. The average molecular weight is 349 g/mol. The highest BCUT2D eigenvalue weighted by atomic mass is 19.1. The summed E-state index contributed by atoms with van der Waals surface area (Å²) in [5.41, 5.74) is 4.47. The first-order valence-corrected chi connectivity index (χ1v) is 8.62. The van der Waals surface area contributed by atoms with E-state index in [1.165, 1.54) is 17.7 Å². The molecule has 1 unspecified atom stereocenters. The van der Waals surface area contributed by atoms with Crippen LogP contribution in [0, 0.1) is 5.82 Å². The molecule has 1 aliphatic rings. The molecule has 1 atom stereocenters. The molecule has 4 rings (SSSR count). The van der Waals surface area contributed by atoms with E-state index >= 15 is 0 Å². The largest absolute Gasteiger partial charge is 0.497 e. The number of halogens is 1. The van der Waals surface area contributed by atoms with Gasteiger partial charge in [-0.2, -0.15) is 0 Å². The summed E-state index contributed by atoms with van der Waals surface area (Å²) >= 11 is 0. The van der Waals surface area contributed by atoms with Crippen LogP contribution in [0.1, 0.15) is 28.3 Å². The number of methoxy groups -OCH3 is 1. The maximum absolute atomic E-state index is 13.3. The Morgan fingerprint density at radius 1 is 1.12 bits per heavy atom. The summed E-state index contributed by atoms with van der Waals surface area (Å²) in [6, 6.07) is 14.9. The summed E-state index contributed by atoms with van der Waals surface area (Å²) in [4.78, 5) is 11.1. The SMILES string of the molecule is COc1ccc(CN2Cc3cncnc3C(c3ccc(F)cc3)C2)cc1. The number of rotatable bonds is 4. The summed E-state index contributed by atoms with van der Waals surface area (Å²) < 4.78 is 18.6. The monoisotopic (exact) mass is 349 g/mol. The Morgan fingerprint density at radius 2 is 1.88 bits per heavy atom. The number of ether oxygens (including phenoxy) is 1. The fourth-order valence-electron chi connectivity index (χ4n) is 3.52. The molecule has 2 heterocycles. The molecule has 4 nitrogen and oxygen atoms in total. The van der Waals surface area contributed by atoms with Crippen LogP contribution in [0.15, 0.2) is 61.1 Å². The van der Waals surface area contributed by atoms with Gasteiger partial charge in [0.15, 0.2) is 0 Å². The van der Waals surface area contributed by atoms with Crippen molar-refractivity contribution in [2.45, 2.75) is 19.0 Å². The van der Waals surface area contributed by atoms with Gasteiger partial charge in [-0.25, -0.2) is 14.4 Å². The van der Waals surface area contributed by atoms with E-state index < -0.39 is 0 Å². The van der Waals surface area contributed by atoms with E-state index in [9.17, 15) is 4.39 Å². The zero-order valence-electron chi connectivity index (χ0n) is 14.6. The maximum Gasteiger partial charge on any atom is 0.123 e. The van der Waals surface area contributed by atoms with Crippen LogP contribution >= 0.6 is 0 Å². The van der Waals surface area contributed by atoms with Crippen molar-refractivity contribution in [3.63, 3.8) is 0 Å². The Labute approximate surface area is 152 Å². The number of aromatic nitrogens is 2. The molecule has 0 aliphatic carbocycles. The predicted molar refractivity (Wildman–Crippen MR) is 97.4 cm³/mol. The number of hydrogen-bond donors (Lipinski definition) is 0. The lowest BCUT2D eigenvalue weighted by Gasteiger charge is -2.34. The number of benzene rings is 2. The lowest BCUT2D eigenvalue weighted by molar-refractivity contribution is 0.229. The van der Waals surface area contributed by atoms with Gasteiger partial charge in [-0.3, -0.25) is 4.90 Å².